The molecule has 0 bridgehead atoms. The monoisotopic (exact) mass is 396 g/mol. The van der Waals surface area contributed by atoms with Crippen molar-refractivity contribution in [3.8, 4) is 5.75 Å². The number of quaternary nitrogens is 1. The number of nitrogens with two attached hydrogens (primary N) is 1. The number of nitrogens with one attached hydrogen (secondary N) is 1. The molecule has 0 spiro atoms. The molecule has 1 aromatic heterocycles. The predicted octanol–water partition coefficient (Wildman–Crippen LogP) is 1.32. The summed E-state index contributed by atoms with van der Waals surface area (Å²) in [6.45, 7) is 4.92. The van der Waals surface area contributed by atoms with Crippen molar-refractivity contribution in [2.24, 2.45) is 0 Å². The minimum absolute atomic E-state index is 0.419. The van der Waals surface area contributed by atoms with Crippen LogP contribution < -0.4 is 19.9 Å². The maximum absolute atomic E-state index is 10.8. The van der Waals surface area contributed by atoms with Gasteiger partial charge in [0, 0.05) is 0 Å². The van der Waals surface area contributed by atoms with Crippen LogP contribution in [-0.2, 0) is 13.1 Å². The van der Waals surface area contributed by atoms with Crippen molar-refractivity contribution in [3.05, 3.63) is 54.1 Å². The van der Waals surface area contributed by atoms with Crippen molar-refractivity contribution in [1.29, 1.82) is 0 Å². The second kappa shape index (κ2) is 8.84. The number of piperidine rings is 1. The predicted molar refractivity (Wildman–Crippen MR) is 114 cm³/mol. The summed E-state index contributed by atoms with van der Waals surface area (Å²) in [6, 6.07) is 15.8. The van der Waals surface area contributed by atoms with Crippen molar-refractivity contribution in [2.75, 3.05) is 32.5 Å². The van der Waals surface area contributed by atoms with E-state index in [1.165, 1.54) is 32.4 Å². The Kier molecular flexibility index (Phi) is 6.02. The number of anilines is 1. The third kappa shape index (κ3) is 4.23. The molecule has 3 aromatic rings. The van der Waals surface area contributed by atoms with E-state index in [1.807, 2.05) is 34.9 Å². The van der Waals surface area contributed by atoms with Gasteiger partial charge in [-0.3, -0.25) is 5.73 Å². The molecule has 0 saturated carbocycles. The number of aliphatic hydroxyl groups is 1. The fourth-order valence-electron chi connectivity index (χ4n) is 4.42. The first-order valence-electron chi connectivity index (χ1n) is 10.6. The van der Waals surface area contributed by atoms with Crippen LogP contribution in [0.1, 0.15) is 30.9 Å². The molecule has 29 heavy (non-hydrogen) atoms. The van der Waals surface area contributed by atoms with Crippen LogP contribution in [0.25, 0.3) is 11.0 Å². The average molecular weight is 397 g/mol. The molecule has 0 radical (unpaired) electrons. The number of hydrogen-bond acceptors (Lipinski definition) is 3. The molecular weight excluding hydrogens is 364 g/mol. The van der Waals surface area contributed by atoms with Gasteiger partial charge in [0.15, 0.2) is 0 Å². The number of aromatic nitrogens is 2. The first kappa shape index (κ1) is 19.7. The van der Waals surface area contributed by atoms with E-state index in [2.05, 4.69) is 22.8 Å². The summed E-state index contributed by atoms with van der Waals surface area (Å²) >= 11 is 0. The largest absolute Gasteiger partial charge is 0.497 e. The highest BCUT2D eigenvalue weighted by Crippen LogP contribution is 2.21. The lowest BCUT2D eigenvalue weighted by atomic mass is 10.1. The summed E-state index contributed by atoms with van der Waals surface area (Å²) in [6.07, 6.45) is 3.37. The molecule has 6 heteroatoms. The summed E-state index contributed by atoms with van der Waals surface area (Å²) in [5.74, 6) is 1.49. The summed E-state index contributed by atoms with van der Waals surface area (Å²) in [5.41, 5.74) is 9.63. The van der Waals surface area contributed by atoms with Crippen LogP contribution in [0, 0.1) is 0 Å². The Hall–Kier alpha value is -2.57. The molecule has 1 fully saturated rings. The Balaban J connectivity index is 1.57. The van der Waals surface area contributed by atoms with Crippen molar-refractivity contribution < 1.29 is 19.3 Å². The number of fused-ring (bicyclic) bond motifs is 1. The molecule has 0 aliphatic carbocycles. The van der Waals surface area contributed by atoms with Gasteiger partial charge in [0.05, 0.1) is 20.2 Å². The minimum atomic E-state index is -0.639. The lowest BCUT2D eigenvalue weighted by Crippen LogP contribution is -3.13. The summed E-state index contributed by atoms with van der Waals surface area (Å²) in [7, 11) is 1.64. The number of likely N-dealkylation sites (tertiary alicyclic amines) is 1. The van der Waals surface area contributed by atoms with E-state index < -0.39 is 6.10 Å². The molecule has 2 heterocycles. The van der Waals surface area contributed by atoms with E-state index in [0.29, 0.717) is 12.5 Å². The van der Waals surface area contributed by atoms with Crippen molar-refractivity contribution in [3.63, 3.8) is 0 Å². The summed E-state index contributed by atoms with van der Waals surface area (Å²) in [5, 5.41) is 10.8. The standard InChI is InChI=1S/C23H30N4O2/c1-29-19-11-9-18(10-12-19)22(28)17-27-21-8-4-3-7-20(21)26(23(27)24)16-15-25-13-5-2-6-14-25/h3-4,7-12,22,24,28H,2,5-6,13-17H2,1H3/p+2/t22-/m0/s1. The van der Waals surface area contributed by atoms with Crippen LogP contribution in [0.3, 0.4) is 0 Å². The van der Waals surface area contributed by atoms with E-state index >= 15 is 0 Å². The number of nitrogen functional groups attached to an aromatic ring is 1. The number of ether oxygens (including phenoxy) is 1. The Bertz CT molecular complexity index is 945. The van der Waals surface area contributed by atoms with Gasteiger partial charge in [-0.05, 0) is 49.1 Å². The molecule has 6 nitrogen and oxygen atoms in total. The Morgan fingerprint density at radius 3 is 2.55 bits per heavy atom. The zero-order valence-electron chi connectivity index (χ0n) is 17.2. The summed E-state index contributed by atoms with van der Waals surface area (Å²) in [4.78, 5) is 1.67. The lowest BCUT2D eigenvalue weighted by Gasteiger charge is -2.22. The highest BCUT2D eigenvalue weighted by molar-refractivity contribution is 5.73. The number of aliphatic hydroxyl groups excluding tert-OH is 1. The van der Waals surface area contributed by atoms with Crippen LogP contribution in [0.5, 0.6) is 5.75 Å². The zero-order chi connectivity index (χ0) is 20.2. The minimum Gasteiger partial charge on any atom is -0.497 e. The number of methoxy groups -OCH3 is 1. The maximum Gasteiger partial charge on any atom is 0.356 e. The summed E-state index contributed by atoms with van der Waals surface area (Å²) < 4.78 is 9.46. The molecule has 0 amide bonds. The SMILES string of the molecule is COc1ccc([C@@H](O)C[n+]2c(N)n(CC[NH+]3CCCCC3)c3ccccc32)cc1. The zero-order valence-corrected chi connectivity index (χ0v) is 17.2. The fraction of sp³-hybridized carbons (Fsp3) is 0.435. The van der Waals surface area contributed by atoms with Gasteiger partial charge in [0.25, 0.3) is 0 Å². The fourth-order valence-corrected chi connectivity index (χ4v) is 4.42. The average Bonchev–Trinajstić information content (AvgIpc) is 3.04. The van der Waals surface area contributed by atoms with Gasteiger partial charge in [-0.25, -0.2) is 9.13 Å². The van der Waals surface area contributed by atoms with E-state index in [1.54, 1.807) is 12.0 Å². The van der Waals surface area contributed by atoms with E-state index in [-0.39, 0.29) is 0 Å². The number of hydrogen-bond donors (Lipinski definition) is 3. The Morgan fingerprint density at radius 1 is 1.10 bits per heavy atom. The first-order chi connectivity index (χ1) is 14.2. The third-order valence-electron chi connectivity index (χ3n) is 6.12. The molecule has 1 aliphatic rings. The highest BCUT2D eigenvalue weighted by atomic mass is 16.5. The van der Waals surface area contributed by atoms with Crippen LogP contribution in [-0.4, -0.2) is 36.4 Å². The lowest BCUT2D eigenvalue weighted by molar-refractivity contribution is -0.905. The molecule has 1 atom stereocenters. The molecule has 1 saturated heterocycles. The van der Waals surface area contributed by atoms with Gasteiger partial charge < -0.3 is 14.7 Å². The van der Waals surface area contributed by atoms with E-state index in [0.717, 1.165) is 35.4 Å². The van der Waals surface area contributed by atoms with Gasteiger partial charge in [-0.1, -0.05) is 24.3 Å². The normalized spacial score (nSPS) is 16.2. The van der Waals surface area contributed by atoms with Gasteiger partial charge in [-0.2, -0.15) is 0 Å². The van der Waals surface area contributed by atoms with Crippen molar-refractivity contribution in [1.82, 2.24) is 4.57 Å². The third-order valence-corrected chi connectivity index (χ3v) is 6.12. The van der Waals surface area contributed by atoms with Gasteiger partial charge >= 0.3 is 5.95 Å². The van der Waals surface area contributed by atoms with E-state index in [9.17, 15) is 5.11 Å². The molecule has 4 N–H and O–H groups in total. The number of nitrogens with zero attached hydrogens (tertiary/aromatic N) is 2. The number of para-hydroxylation sites is 2. The second-order valence-electron chi connectivity index (χ2n) is 7.96. The second-order valence-corrected chi connectivity index (χ2v) is 7.96. The van der Waals surface area contributed by atoms with Crippen LogP contribution in [0.4, 0.5) is 5.95 Å². The van der Waals surface area contributed by atoms with E-state index in [4.69, 9.17) is 10.5 Å². The van der Waals surface area contributed by atoms with Crippen molar-refractivity contribution in [2.45, 2.75) is 38.5 Å². The molecule has 154 valence electrons. The maximum atomic E-state index is 10.8. The van der Waals surface area contributed by atoms with Gasteiger partial charge in [0.1, 0.15) is 42.5 Å². The van der Waals surface area contributed by atoms with Crippen molar-refractivity contribution >= 4 is 17.0 Å². The molecule has 4 rings (SSSR count). The quantitative estimate of drug-likeness (QED) is 0.528. The molecule has 0 unspecified atom stereocenters. The molecular formula is C23H32N4O2+2. The number of rotatable bonds is 7. The topological polar surface area (TPSA) is 68.7 Å². The highest BCUT2D eigenvalue weighted by Gasteiger charge is 2.24. The smallest absolute Gasteiger partial charge is 0.356 e. The first-order valence-corrected chi connectivity index (χ1v) is 10.6. The Morgan fingerprint density at radius 2 is 1.83 bits per heavy atom. The van der Waals surface area contributed by atoms with Crippen LogP contribution in [0.2, 0.25) is 0 Å². The van der Waals surface area contributed by atoms with Crippen LogP contribution in [0.15, 0.2) is 48.5 Å². The van der Waals surface area contributed by atoms with Crippen LogP contribution >= 0.6 is 0 Å². The number of imidazole rings is 1. The Labute approximate surface area is 172 Å². The molecule has 2 aromatic carbocycles. The number of benzene rings is 2. The van der Waals surface area contributed by atoms with Gasteiger partial charge in [-0.15, -0.1) is 0 Å². The molecule has 1 aliphatic heterocycles. The van der Waals surface area contributed by atoms with Gasteiger partial charge in [0.2, 0.25) is 0 Å².